The first kappa shape index (κ1) is 19.8. The lowest BCUT2D eigenvalue weighted by Crippen LogP contribution is -2.15. The molecule has 0 aliphatic carbocycles. The highest BCUT2D eigenvalue weighted by atomic mass is 35.5. The van der Waals surface area contributed by atoms with Crippen molar-refractivity contribution in [1.29, 1.82) is 0 Å². The van der Waals surface area contributed by atoms with Gasteiger partial charge in [0.25, 0.3) is 5.91 Å². The summed E-state index contributed by atoms with van der Waals surface area (Å²) in [6, 6.07) is 8.70. The highest BCUT2D eigenvalue weighted by Crippen LogP contribution is 2.29. The normalized spacial score (nSPS) is 11.4. The number of rotatable bonds is 3. The van der Waals surface area contributed by atoms with Gasteiger partial charge < -0.3 is 5.32 Å². The van der Waals surface area contributed by atoms with E-state index in [1.807, 2.05) is 0 Å². The van der Waals surface area contributed by atoms with E-state index in [0.29, 0.717) is 17.3 Å². The molecule has 144 valence electrons. The van der Waals surface area contributed by atoms with Crippen LogP contribution < -0.4 is 5.32 Å². The number of nitrogens with one attached hydrogen (secondary N) is 1. The van der Waals surface area contributed by atoms with Crippen molar-refractivity contribution in [2.45, 2.75) is 13.1 Å². The fraction of sp³-hybridized carbons (Fsp3) is 0.105. The highest BCUT2D eigenvalue weighted by Gasteiger charge is 2.32. The van der Waals surface area contributed by atoms with E-state index in [0.717, 1.165) is 18.3 Å². The average Bonchev–Trinajstić information content (AvgIpc) is 2.62. The Kier molecular flexibility index (Phi) is 5.33. The summed E-state index contributed by atoms with van der Waals surface area (Å²) in [5.41, 5.74) is -0.00622. The number of hydrogen-bond donors (Lipinski definition) is 1. The van der Waals surface area contributed by atoms with Gasteiger partial charge in [0.1, 0.15) is 16.7 Å². The third-order valence-corrected chi connectivity index (χ3v) is 3.96. The monoisotopic (exact) mass is 409 g/mol. The lowest BCUT2D eigenvalue weighted by atomic mass is 10.0. The molecule has 1 amide bonds. The highest BCUT2D eigenvalue weighted by molar-refractivity contribution is 6.29. The van der Waals surface area contributed by atoms with Gasteiger partial charge in [-0.15, -0.1) is 0 Å². The van der Waals surface area contributed by atoms with Crippen molar-refractivity contribution in [3.05, 3.63) is 76.6 Å². The molecule has 0 spiro atoms. The number of pyridine rings is 2. The number of halogens is 5. The van der Waals surface area contributed by atoms with Gasteiger partial charge >= 0.3 is 6.18 Å². The van der Waals surface area contributed by atoms with Gasteiger partial charge in [-0.1, -0.05) is 11.6 Å². The number of carbonyl (C=O) groups excluding carboxylic acids is 1. The third-order valence-electron chi connectivity index (χ3n) is 3.77. The second-order valence-corrected chi connectivity index (χ2v) is 6.28. The van der Waals surface area contributed by atoms with Crippen molar-refractivity contribution in [2.75, 3.05) is 5.32 Å². The van der Waals surface area contributed by atoms with Crippen LogP contribution in [0.5, 0.6) is 0 Å². The van der Waals surface area contributed by atoms with Crippen LogP contribution in [0.2, 0.25) is 5.15 Å². The maximum absolute atomic E-state index is 14.3. The van der Waals surface area contributed by atoms with E-state index >= 15 is 0 Å². The van der Waals surface area contributed by atoms with Crippen LogP contribution in [-0.4, -0.2) is 15.9 Å². The Labute approximate surface area is 162 Å². The maximum atomic E-state index is 14.3. The fourth-order valence-electron chi connectivity index (χ4n) is 2.54. The Morgan fingerprint density at radius 2 is 1.86 bits per heavy atom. The molecule has 0 fully saturated rings. The fourth-order valence-corrected chi connectivity index (χ4v) is 2.79. The average molecular weight is 410 g/mol. The molecule has 0 atom stereocenters. The Bertz CT molecular complexity index is 1030. The van der Waals surface area contributed by atoms with Crippen LogP contribution in [0.15, 0.2) is 48.7 Å². The first-order valence-electron chi connectivity index (χ1n) is 7.92. The Hall–Kier alpha value is -3.00. The summed E-state index contributed by atoms with van der Waals surface area (Å²) in [7, 11) is 0. The molecular weight excluding hydrogens is 398 g/mol. The molecule has 2 aromatic heterocycles. The molecule has 2 heterocycles. The van der Waals surface area contributed by atoms with E-state index in [1.165, 1.54) is 18.2 Å². The summed E-state index contributed by atoms with van der Waals surface area (Å²) in [6.45, 7) is 1.70. The molecule has 1 N–H and O–H groups in total. The Morgan fingerprint density at radius 1 is 1.11 bits per heavy atom. The number of benzene rings is 1. The van der Waals surface area contributed by atoms with E-state index < -0.39 is 23.6 Å². The summed E-state index contributed by atoms with van der Waals surface area (Å²) in [5.74, 6) is -1.34. The molecule has 0 aliphatic rings. The lowest BCUT2D eigenvalue weighted by Gasteiger charge is -2.11. The number of alkyl halides is 3. The quantitative estimate of drug-likeness (QED) is 0.458. The molecule has 0 radical (unpaired) electrons. The zero-order chi connectivity index (χ0) is 20.5. The van der Waals surface area contributed by atoms with Gasteiger partial charge in [-0.25, -0.2) is 9.37 Å². The van der Waals surface area contributed by atoms with Crippen LogP contribution in [0.1, 0.15) is 21.7 Å². The molecule has 0 aliphatic heterocycles. The molecule has 0 unspecified atom stereocenters. The second-order valence-electron chi connectivity index (χ2n) is 5.90. The van der Waals surface area contributed by atoms with Gasteiger partial charge in [-0.3, -0.25) is 9.78 Å². The van der Waals surface area contributed by atoms with Crippen molar-refractivity contribution in [3.8, 4) is 11.1 Å². The van der Waals surface area contributed by atoms with Crippen LogP contribution in [0.4, 0.5) is 23.2 Å². The van der Waals surface area contributed by atoms with E-state index in [4.69, 9.17) is 11.6 Å². The molecule has 0 saturated carbocycles. The number of aromatic nitrogens is 2. The summed E-state index contributed by atoms with van der Waals surface area (Å²) in [6.07, 6.45) is -3.77. The van der Waals surface area contributed by atoms with Gasteiger partial charge in [-0.2, -0.15) is 13.2 Å². The van der Waals surface area contributed by atoms with Crippen LogP contribution in [0.25, 0.3) is 11.1 Å². The van der Waals surface area contributed by atoms with Crippen molar-refractivity contribution in [3.63, 3.8) is 0 Å². The minimum absolute atomic E-state index is 0.163. The number of nitrogens with zero attached hydrogens (tertiary/aromatic N) is 2. The van der Waals surface area contributed by atoms with E-state index in [-0.39, 0.29) is 22.0 Å². The van der Waals surface area contributed by atoms with Crippen LogP contribution in [0.3, 0.4) is 0 Å². The predicted molar refractivity (Wildman–Crippen MR) is 96.6 cm³/mol. The smallest absolute Gasteiger partial charge is 0.322 e. The summed E-state index contributed by atoms with van der Waals surface area (Å²) >= 11 is 5.91. The zero-order valence-electron chi connectivity index (χ0n) is 14.3. The zero-order valence-corrected chi connectivity index (χ0v) is 15.1. The minimum Gasteiger partial charge on any atom is -0.322 e. The Morgan fingerprint density at radius 3 is 2.54 bits per heavy atom. The lowest BCUT2D eigenvalue weighted by molar-refractivity contribution is -0.141. The molecule has 1 aromatic carbocycles. The Balaban J connectivity index is 1.90. The molecule has 0 saturated heterocycles. The number of amides is 1. The SMILES string of the molecule is Cc1cc(-c2cc(NC(=O)c3ccnc(C(F)(F)F)c3)ccc2F)cc(Cl)n1. The van der Waals surface area contributed by atoms with Gasteiger partial charge in [0.05, 0.1) is 0 Å². The first-order valence-corrected chi connectivity index (χ1v) is 8.30. The molecular formula is C19H12ClF4N3O. The van der Waals surface area contributed by atoms with Crippen LogP contribution in [0, 0.1) is 12.7 Å². The summed E-state index contributed by atoms with van der Waals surface area (Å²) < 4.78 is 52.5. The van der Waals surface area contributed by atoms with E-state index in [1.54, 1.807) is 13.0 Å². The van der Waals surface area contributed by atoms with E-state index in [9.17, 15) is 22.4 Å². The van der Waals surface area contributed by atoms with Crippen molar-refractivity contribution >= 4 is 23.2 Å². The van der Waals surface area contributed by atoms with Gasteiger partial charge in [0, 0.05) is 28.7 Å². The van der Waals surface area contributed by atoms with Crippen molar-refractivity contribution < 1.29 is 22.4 Å². The molecule has 4 nitrogen and oxygen atoms in total. The van der Waals surface area contributed by atoms with Crippen LogP contribution >= 0.6 is 11.6 Å². The first-order chi connectivity index (χ1) is 13.1. The minimum atomic E-state index is -4.67. The van der Waals surface area contributed by atoms with E-state index in [2.05, 4.69) is 15.3 Å². The molecule has 3 rings (SSSR count). The molecule has 28 heavy (non-hydrogen) atoms. The number of carbonyl (C=O) groups is 1. The number of aryl methyl sites for hydroxylation is 1. The van der Waals surface area contributed by atoms with Gasteiger partial charge in [0.15, 0.2) is 0 Å². The molecule has 9 heteroatoms. The summed E-state index contributed by atoms with van der Waals surface area (Å²) in [4.78, 5) is 19.5. The number of anilines is 1. The van der Waals surface area contributed by atoms with Gasteiger partial charge in [-0.05, 0) is 55.0 Å². The standard InChI is InChI=1S/C19H12ClF4N3O/c1-10-6-12(8-17(20)26-10)14-9-13(2-3-15(14)21)27-18(28)11-4-5-25-16(7-11)19(22,23)24/h2-9H,1H3,(H,27,28). The maximum Gasteiger partial charge on any atom is 0.433 e. The predicted octanol–water partition coefficient (Wildman–Crippen LogP) is 5.52. The van der Waals surface area contributed by atoms with Crippen LogP contribution in [-0.2, 0) is 6.18 Å². The van der Waals surface area contributed by atoms with Crippen molar-refractivity contribution in [1.82, 2.24) is 9.97 Å². The summed E-state index contributed by atoms with van der Waals surface area (Å²) in [5, 5.41) is 2.63. The van der Waals surface area contributed by atoms with Gasteiger partial charge in [0.2, 0.25) is 0 Å². The van der Waals surface area contributed by atoms with Crippen molar-refractivity contribution in [2.24, 2.45) is 0 Å². The molecule has 3 aromatic rings. The topological polar surface area (TPSA) is 54.9 Å². The molecule has 0 bridgehead atoms. The second kappa shape index (κ2) is 7.55. The number of hydrogen-bond acceptors (Lipinski definition) is 3. The third kappa shape index (κ3) is 4.45. The largest absolute Gasteiger partial charge is 0.433 e.